The van der Waals surface area contributed by atoms with Crippen molar-refractivity contribution in [3.8, 4) is 5.75 Å². The number of ether oxygens (including phenoxy) is 1. The van der Waals surface area contributed by atoms with Crippen LogP contribution in [0.4, 0.5) is 0 Å². The second-order valence-electron chi connectivity index (χ2n) is 9.70. The average molecular weight is 507 g/mol. The number of benzene rings is 4. The number of hydrogen-bond donors (Lipinski definition) is 1. The van der Waals surface area contributed by atoms with E-state index in [2.05, 4.69) is 0 Å². The third kappa shape index (κ3) is 5.17. The van der Waals surface area contributed by atoms with Crippen molar-refractivity contribution in [2.45, 2.75) is 12.6 Å². The lowest BCUT2D eigenvalue weighted by Gasteiger charge is -2.26. The number of carbonyl (C=O) groups is 2. The van der Waals surface area contributed by atoms with Gasteiger partial charge in [0.15, 0.2) is 0 Å². The number of aliphatic hydroxyl groups excluding tert-OH is 1. The molecule has 1 heterocycles. The lowest BCUT2D eigenvalue weighted by atomic mass is 9.94. The lowest BCUT2D eigenvalue weighted by Crippen LogP contribution is -2.35. The first-order valence-electron chi connectivity index (χ1n) is 12.6. The standard InChI is InChI=1S/C32H30N2O4/c1-33(2)18-19-34-29(24-14-16-27(17-15-24)38-21-22-8-4-3-5-9-22)28(31(36)32(34)37)30(35)26-13-12-23-10-6-7-11-25(23)20-26/h3-17,20,29,35H,18-19,21H2,1-2H3/b30-28-. The monoisotopic (exact) mass is 506 g/mol. The predicted molar refractivity (Wildman–Crippen MR) is 149 cm³/mol. The molecule has 0 radical (unpaired) electrons. The van der Waals surface area contributed by atoms with Gasteiger partial charge in [-0.15, -0.1) is 0 Å². The molecule has 6 nitrogen and oxygen atoms in total. The van der Waals surface area contributed by atoms with Crippen molar-refractivity contribution in [1.29, 1.82) is 0 Å². The van der Waals surface area contributed by atoms with Gasteiger partial charge in [0, 0.05) is 18.7 Å². The maximum Gasteiger partial charge on any atom is 0.295 e. The molecule has 0 aliphatic carbocycles. The molecule has 5 rings (SSSR count). The van der Waals surface area contributed by atoms with Crippen LogP contribution in [-0.4, -0.2) is 53.8 Å². The van der Waals surface area contributed by atoms with Crippen LogP contribution in [-0.2, 0) is 16.2 Å². The average Bonchev–Trinajstić information content (AvgIpc) is 3.20. The summed E-state index contributed by atoms with van der Waals surface area (Å²) < 4.78 is 5.93. The normalized spacial score (nSPS) is 16.9. The third-order valence-corrected chi connectivity index (χ3v) is 6.80. The number of nitrogens with zero attached hydrogens (tertiary/aromatic N) is 2. The Balaban J connectivity index is 1.51. The number of amides is 1. The van der Waals surface area contributed by atoms with Crippen LogP contribution in [0.25, 0.3) is 16.5 Å². The van der Waals surface area contributed by atoms with Crippen LogP contribution in [0.3, 0.4) is 0 Å². The molecule has 0 saturated carbocycles. The first-order valence-corrected chi connectivity index (χ1v) is 12.6. The van der Waals surface area contributed by atoms with Crippen molar-refractivity contribution < 1.29 is 19.4 Å². The number of likely N-dealkylation sites (tertiary alicyclic amines) is 1. The Morgan fingerprint density at radius 1 is 0.868 bits per heavy atom. The van der Waals surface area contributed by atoms with E-state index < -0.39 is 17.7 Å². The molecule has 0 aromatic heterocycles. The van der Waals surface area contributed by atoms with Crippen LogP contribution >= 0.6 is 0 Å². The van der Waals surface area contributed by atoms with E-state index in [4.69, 9.17) is 4.74 Å². The van der Waals surface area contributed by atoms with E-state index in [0.717, 1.165) is 21.9 Å². The Hall–Kier alpha value is -4.42. The van der Waals surface area contributed by atoms with E-state index in [1.54, 1.807) is 11.0 Å². The molecule has 38 heavy (non-hydrogen) atoms. The third-order valence-electron chi connectivity index (χ3n) is 6.80. The van der Waals surface area contributed by atoms with Gasteiger partial charge in [-0.1, -0.05) is 78.9 Å². The zero-order valence-corrected chi connectivity index (χ0v) is 21.5. The van der Waals surface area contributed by atoms with Crippen molar-refractivity contribution in [1.82, 2.24) is 9.80 Å². The highest BCUT2D eigenvalue weighted by Crippen LogP contribution is 2.40. The Bertz CT molecular complexity index is 1490. The van der Waals surface area contributed by atoms with Gasteiger partial charge in [0.25, 0.3) is 11.7 Å². The highest BCUT2D eigenvalue weighted by Gasteiger charge is 2.45. The van der Waals surface area contributed by atoms with Gasteiger partial charge in [0.05, 0.1) is 11.6 Å². The van der Waals surface area contributed by atoms with Gasteiger partial charge in [-0.05, 0) is 54.2 Å². The lowest BCUT2D eigenvalue weighted by molar-refractivity contribution is -0.140. The highest BCUT2D eigenvalue weighted by atomic mass is 16.5. The second kappa shape index (κ2) is 10.9. The predicted octanol–water partition coefficient (Wildman–Crippen LogP) is 5.40. The van der Waals surface area contributed by atoms with E-state index in [9.17, 15) is 14.7 Å². The summed E-state index contributed by atoms with van der Waals surface area (Å²) in [5, 5.41) is 13.4. The molecule has 1 fully saturated rings. The maximum atomic E-state index is 13.3. The molecule has 0 bridgehead atoms. The minimum absolute atomic E-state index is 0.0991. The smallest absolute Gasteiger partial charge is 0.295 e. The number of carbonyl (C=O) groups excluding carboxylic acids is 2. The molecule has 1 amide bonds. The minimum Gasteiger partial charge on any atom is -0.507 e. The van der Waals surface area contributed by atoms with Crippen molar-refractivity contribution in [3.05, 3.63) is 119 Å². The van der Waals surface area contributed by atoms with Gasteiger partial charge < -0.3 is 19.6 Å². The summed E-state index contributed by atoms with van der Waals surface area (Å²) in [5.41, 5.74) is 2.39. The van der Waals surface area contributed by atoms with Gasteiger partial charge in [-0.3, -0.25) is 9.59 Å². The van der Waals surface area contributed by atoms with Gasteiger partial charge in [0.2, 0.25) is 0 Å². The number of aliphatic hydroxyl groups is 1. The molecule has 6 heteroatoms. The summed E-state index contributed by atoms with van der Waals surface area (Å²) in [6.07, 6.45) is 0. The fourth-order valence-electron chi connectivity index (χ4n) is 4.74. The Labute approximate surface area is 222 Å². The van der Waals surface area contributed by atoms with Crippen LogP contribution in [0.5, 0.6) is 5.75 Å². The van der Waals surface area contributed by atoms with E-state index in [-0.39, 0.29) is 11.3 Å². The molecule has 192 valence electrons. The van der Waals surface area contributed by atoms with E-state index in [1.807, 2.05) is 110 Å². The number of hydrogen-bond acceptors (Lipinski definition) is 5. The van der Waals surface area contributed by atoms with Crippen LogP contribution in [0.1, 0.15) is 22.7 Å². The molecular formula is C32H30N2O4. The van der Waals surface area contributed by atoms with Gasteiger partial charge in [-0.2, -0.15) is 0 Å². The van der Waals surface area contributed by atoms with E-state index in [0.29, 0.717) is 31.0 Å². The molecule has 1 aliphatic heterocycles. The first-order chi connectivity index (χ1) is 18.4. The Morgan fingerprint density at radius 3 is 2.26 bits per heavy atom. The zero-order valence-electron chi connectivity index (χ0n) is 21.5. The topological polar surface area (TPSA) is 70.1 Å². The minimum atomic E-state index is -0.704. The summed E-state index contributed by atoms with van der Waals surface area (Å²) in [6, 6.07) is 29.9. The van der Waals surface area contributed by atoms with Gasteiger partial charge in [0.1, 0.15) is 18.1 Å². The van der Waals surface area contributed by atoms with Crippen LogP contribution in [0.2, 0.25) is 0 Å². The molecule has 4 aromatic rings. The van der Waals surface area contributed by atoms with E-state index >= 15 is 0 Å². The fourth-order valence-corrected chi connectivity index (χ4v) is 4.74. The first kappa shape index (κ1) is 25.2. The molecule has 1 aliphatic rings. The van der Waals surface area contributed by atoms with Crippen molar-refractivity contribution in [2.24, 2.45) is 0 Å². The summed E-state index contributed by atoms with van der Waals surface area (Å²) in [6.45, 7) is 1.37. The highest BCUT2D eigenvalue weighted by molar-refractivity contribution is 6.46. The SMILES string of the molecule is CN(C)CCN1C(=O)C(=O)/C(=C(\O)c2ccc3ccccc3c2)C1c1ccc(OCc2ccccc2)cc1. The molecule has 1 N–H and O–H groups in total. The van der Waals surface area contributed by atoms with Crippen LogP contribution in [0.15, 0.2) is 103 Å². The second-order valence-corrected chi connectivity index (χ2v) is 9.70. The molecule has 0 spiro atoms. The Morgan fingerprint density at radius 2 is 1.55 bits per heavy atom. The van der Waals surface area contributed by atoms with Crippen molar-refractivity contribution >= 4 is 28.2 Å². The summed E-state index contributed by atoms with van der Waals surface area (Å²) in [4.78, 5) is 30.0. The molecule has 4 aromatic carbocycles. The summed E-state index contributed by atoms with van der Waals surface area (Å²) in [5.74, 6) is -0.777. The molecule has 1 unspecified atom stereocenters. The summed E-state index contributed by atoms with van der Waals surface area (Å²) in [7, 11) is 3.83. The summed E-state index contributed by atoms with van der Waals surface area (Å²) >= 11 is 0. The number of ketones is 1. The van der Waals surface area contributed by atoms with Gasteiger partial charge >= 0.3 is 0 Å². The molecule has 1 atom stereocenters. The quantitative estimate of drug-likeness (QED) is 0.197. The van der Waals surface area contributed by atoms with Crippen LogP contribution < -0.4 is 4.74 Å². The molecule has 1 saturated heterocycles. The fraction of sp³-hybridized carbons (Fsp3) is 0.188. The largest absolute Gasteiger partial charge is 0.507 e. The van der Waals surface area contributed by atoms with Gasteiger partial charge in [-0.25, -0.2) is 0 Å². The number of Topliss-reactive ketones (excluding diaryl/α,β-unsaturated/α-hetero) is 1. The van der Waals surface area contributed by atoms with E-state index in [1.165, 1.54) is 0 Å². The number of likely N-dealkylation sites (N-methyl/N-ethyl adjacent to an activating group) is 1. The maximum absolute atomic E-state index is 13.3. The number of fused-ring (bicyclic) bond motifs is 1. The molecular weight excluding hydrogens is 476 g/mol. The number of rotatable bonds is 8. The zero-order chi connectivity index (χ0) is 26.6. The van der Waals surface area contributed by atoms with Crippen molar-refractivity contribution in [2.75, 3.05) is 27.2 Å². The Kier molecular flexibility index (Phi) is 7.24. The van der Waals surface area contributed by atoms with Crippen molar-refractivity contribution in [3.63, 3.8) is 0 Å². The van der Waals surface area contributed by atoms with Crippen LogP contribution in [0, 0.1) is 0 Å².